The third-order valence-corrected chi connectivity index (χ3v) is 5.40. The van der Waals surface area contributed by atoms with Crippen molar-refractivity contribution in [1.82, 2.24) is 4.98 Å². The monoisotopic (exact) mass is 342 g/mol. The molecule has 3 aromatic rings. The van der Waals surface area contributed by atoms with E-state index in [-0.39, 0.29) is 0 Å². The van der Waals surface area contributed by atoms with Gasteiger partial charge in [0, 0.05) is 25.0 Å². The lowest BCUT2D eigenvalue weighted by molar-refractivity contribution is 0.577. The van der Waals surface area contributed by atoms with E-state index in [1.54, 1.807) is 0 Å². The summed E-state index contributed by atoms with van der Waals surface area (Å²) in [6.07, 6.45) is 10.3. The summed E-state index contributed by atoms with van der Waals surface area (Å²) in [4.78, 5) is 7.15. The van der Waals surface area contributed by atoms with E-state index in [0.29, 0.717) is 0 Å². The van der Waals surface area contributed by atoms with E-state index in [1.165, 1.54) is 52.4 Å². The molecule has 1 fully saturated rings. The maximum Gasteiger partial charge on any atom is 0.0650 e. The second kappa shape index (κ2) is 7.33. The number of aryl methyl sites for hydroxylation is 2. The van der Waals surface area contributed by atoms with E-state index >= 15 is 0 Å². The third-order valence-electron chi connectivity index (χ3n) is 5.40. The van der Waals surface area contributed by atoms with Crippen molar-refractivity contribution in [3.8, 4) is 0 Å². The van der Waals surface area contributed by atoms with Gasteiger partial charge in [0.1, 0.15) is 0 Å². The molecule has 4 rings (SSSR count). The smallest absolute Gasteiger partial charge is 0.0650 e. The van der Waals surface area contributed by atoms with E-state index in [9.17, 15) is 0 Å². The molecule has 2 nitrogen and oxygen atoms in total. The van der Waals surface area contributed by atoms with Crippen LogP contribution >= 0.6 is 0 Å². The molecular weight excluding hydrogens is 316 g/mol. The molecule has 0 aliphatic carbocycles. The molecule has 0 bridgehead atoms. The largest absolute Gasteiger partial charge is 0.371 e. The molecule has 0 N–H and O–H groups in total. The summed E-state index contributed by atoms with van der Waals surface area (Å²) < 4.78 is 0. The van der Waals surface area contributed by atoms with Crippen molar-refractivity contribution in [2.45, 2.75) is 33.1 Å². The lowest BCUT2D eigenvalue weighted by atomic mass is 10.0. The average molecular weight is 342 g/mol. The van der Waals surface area contributed by atoms with Crippen LogP contribution in [0.25, 0.3) is 22.9 Å². The fraction of sp³-hybridized carbons (Fsp3) is 0.292. The van der Waals surface area contributed by atoms with Gasteiger partial charge in [0.15, 0.2) is 0 Å². The summed E-state index contributed by atoms with van der Waals surface area (Å²) in [5.41, 5.74) is 6.20. The molecule has 1 aromatic heterocycles. The number of rotatable bonds is 3. The lowest BCUT2D eigenvalue weighted by Gasteiger charge is -2.30. The van der Waals surface area contributed by atoms with Crippen LogP contribution in [0.15, 0.2) is 48.7 Å². The predicted molar refractivity (Wildman–Crippen MR) is 113 cm³/mol. The predicted octanol–water partition coefficient (Wildman–Crippen LogP) is 6.01. The zero-order chi connectivity index (χ0) is 17.9. The molecule has 2 heteroatoms. The van der Waals surface area contributed by atoms with Gasteiger partial charge in [-0.3, -0.25) is 4.98 Å². The van der Waals surface area contributed by atoms with Crippen LogP contribution in [-0.2, 0) is 0 Å². The quantitative estimate of drug-likeness (QED) is 0.579. The first-order valence-corrected chi connectivity index (χ1v) is 9.60. The van der Waals surface area contributed by atoms with E-state index < -0.39 is 0 Å². The highest BCUT2D eigenvalue weighted by Gasteiger charge is 2.13. The van der Waals surface area contributed by atoms with Crippen LogP contribution in [0.2, 0.25) is 0 Å². The molecule has 2 aromatic carbocycles. The van der Waals surface area contributed by atoms with Crippen molar-refractivity contribution in [1.29, 1.82) is 0 Å². The van der Waals surface area contributed by atoms with Crippen LogP contribution in [0.4, 0.5) is 5.69 Å². The number of anilines is 1. The summed E-state index contributed by atoms with van der Waals surface area (Å²) in [6, 6.07) is 15.3. The molecule has 0 unspecified atom stereocenters. The second-order valence-electron chi connectivity index (χ2n) is 7.29. The van der Waals surface area contributed by atoms with Crippen LogP contribution in [0, 0.1) is 13.8 Å². The molecule has 0 saturated carbocycles. The first-order valence-electron chi connectivity index (χ1n) is 9.60. The van der Waals surface area contributed by atoms with Gasteiger partial charge in [0.2, 0.25) is 0 Å². The molecule has 132 valence electrons. The fourth-order valence-electron chi connectivity index (χ4n) is 3.91. The standard InChI is InChI=1S/C24H26N2/c1-18-8-6-11-23-20(9-7-10-22(18)23)12-13-21-16-24(19(2)17-25-21)26-14-4-3-5-15-26/h6-13,16-17H,3-5,14-15H2,1-2H3/b13-12-. The number of fused-ring (bicyclic) bond motifs is 1. The molecule has 1 aliphatic heterocycles. The van der Waals surface area contributed by atoms with Crippen molar-refractivity contribution in [2.75, 3.05) is 18.0 Å². The molecule has 1 saturated heterocycles. The Kier molecular flexibility index (Phi) is 4.75. The molecule has 26 heavy (non-hydrogen) atoms. The van der Waals surface area contributed by atoms with E-state index in [2.05, 4.69) is 78.3 Å². The molecule has 0 atom stereocenters. The zero-order valence-corrected chi connectivity index (χ0v) is 15.7. The fourth-order valence-corrected chi connectivity index (χ4v) is 3.91. The van der Waals surface area contributed by atoms with Crippen molar-refractivity contribution in [3.05, 3.63) is 71.0 Å². The number of hydrogen-bond donors (Lipinski definition) is 0. The Balaban J connectivity index is 1.66. The summed E-state index contributed by atoms with van der Waals surface area (Å²) in [5.74, 6) is 0. The van der Waals surface area contributed by atoms with Crippen molar-refractivity contribution >= 4 is 28.6 Å². The molecule has 0 radical (unpaired) electrons. The van der Waals surface area contributed by atoms with Gasteiger partial charge in [-0.25, -0.2) is 0 Å². The SMILES string of the molecule is Cc1cnc(/C=C\c2cccc3c(C)cccc23)cc1N1CCCCC1. The highest BCUT2D eigenvalue weighted by Crippen LogP contribution is 2.26. The Morgan fingerprint density at radius 3 is 2.46 bits per heavy atom. The van der Waals surface area contributed by atoms with Crippen LogP contribution in [0.1, 0.15) is 41.6 Å². The second-order valence-corrected chi connectivity index (χ2v) is 7.29. The molecule has 0 spiro atoms. The first-order chi connectivity index (χ1) is 12.7. The van der Waals surface area contributed by atoms with Crippen LogP contribution in [0.3, 0.4) is 0 Å². The van der Waals surface area contributed by atoms with Gasteiger partial charge in [-0.1, -0.05) is 42.5 Å². The minimum atomic E-state index is 1.03. The Morgan fingerprint density at radius 2 is 1.62 bits per heavy atom. The van der Waals surface area contributed by atoms with Crippen molar-refractivity contribution in [3.63, 3.8) is 0 Å². The number of benzene rings is 2. The highest BCUT2D eigenvalue weighted by atomic mass is 15.1. The summed E-state index contributed by atoms with van der Waals surface area (Å²) in [7, 11) is 0. The number of hydrogen-bond acceptors (Lipinski definition) is 2. The summed E-state index contributed by atoms with van der Waals surface area (Å²) in [5, 5.41) is 2.62. The molecule has 0 amide bonds. The van der Waals surface area contributed by atoms with Crippen molar-refractivity contribution in [2.24, 2.45) is 0 Å². The maximum absolute atomic E-state index is 4.63. The lowest BCUT2D eigenvalue weighted by Crippen LogP contribution is -2.30. The zero-order valence-electron chi connectivity index (χ0n) is 15.7. The average Bonchev–Trinajstić information content (AvgIpc) is 2.68. The van der Waals surface area contributed by atoms with E-state index in [0.717, 1.165) is 18.8 Å². The van der Waals surface area contributed by atoms with Gasteiger partial charge in [-0.15, -0.1) is 0 Å². The highest BCUT2D eigenvalue weighted by molar-refractivity contribution is 5.94. The number of piperidine rings is 1. The maximum atomic E-state index is 4.63. The van der Waals surface area contributed by atoms with Gasteiger partial charge in [0.25, 0.3) is 0 Å². The Hall–Kier alpha value is -2.61. The summed E-state index contributed by atoms with van der Waals surface area (Å²) in [6.45, 7) is 6.66. The van der Waals surface area contributed by atoms with Gasteiger partial charge in [-0.05, 0) is 72.7 Å². The topological polar surface area (TPSA) is 16.1 Å². The normalized spacial score (nSPS) is 15.1. The third kappa shape index (κ3) is 3.37. The van der Waals surface area contributed by atoms with Gasteiger partial charge < -0.3 is 4.90 Å². The minimum absolute atomic E-state index is 1.03. The summed E-state index contributed by atoms with van der Waals surface area (Å²) >= 11 is 0. The molecular formula is C24H26N2. The van der Waals surface area contributed by atoms with Crippen molar-refractivity contribution < 1.29 is 0 Å². The first kappa shape index (κ1) is 16.8. The van der Waals surface area contributed by atoms with Crippen LogP contribution in [-0.4, -0.2) is 18.1 Å². The minimum Gasteiger partial charge on any atom is -0.371 e. The van der Waals surface area contributed by atoms with Gasteiger partial charge in [-0.2, -0.15) is 0 Å². The van der Waals surface area contributed by atoms with E-state index in [1.807, 2.05) is 6.20 Å². The van der Waals surface area contributed by atoms with Crippen LogP contribution in [0.5, 0.6) is 0 Å². The Morgan fingerprint density at radius 1 is 0.846 bits per heavy atom. The van der Waals surface area contributed by atoms with Gasteiger partial charge in [0.05, 0.1) is 5.69 Å². The number of pyridine rings is 1. The van der Waals surface area contributed by atoms with E-state index in [4.69, 9.17) is 0 Å². The number of nitrogens with zero attached hydrogens (tertiary/aromatic N) is 2. The van der Waals surface area contributed by atoms with Crippen LogP contribution < -0.4 is 4.90 Å². The van der Waals surface area contributed by atoms with Gasteiger partial charge >= 0.3 is 0 Å². The Bertz CT molecular complexity index is 950. The molecule has 1 aliphatic rings. The Labute approximate surface area is 156 Å². The molecule has 2 heterocycles. The number of aromatic nitrogens is 1.